The summed E-state index contributed by atoms with van der Waals surface area (Å²) in [7, 11) is 0. The maximum Gasteiger partial charge on any atom is 0.330 e. The molecule has 0 radical (unpaired) electrons. The predicted molar refractivity (Wildman–Crippen MR) is 119 cm³/mol. The van der Waals surface area contributed by atoms with E-state index in [4.69, 9.17) is 27.9 Å². The summed E-state index contributed by atoms with van der Waals surface area (Å²) in [4.78, 5) is 29.9. The molecule has 1 aromatic carbocycles. The smallest absolute Gasteiger partial charge is 0.330 e. The predicted octanol–water partition coefficient (Wildman–Crippen LogP) is 4.68. The van der Waals surface area contributed by atoms with Crippen LogP contribution in [0.1, 0.15) is 40.2 Å². The number of ether oxygens (including phenoxy) is 1. The summed E-state index contributed by atoms with van der Waals surface area (Å²) < 4.78 is 4.98. The topological polar surface area (TPSA) is 59.0 Å². The Balaban J connectivity index is 1.80. The highest BCUT2D eigenvalue weighted by Crippen LogP contribution is 2.58. The number of nitrogens with zero attached hydrogens (tertiary/aromatic N) is 2. The van der Waals surface area contributed by atoms with Gasteiger partial charge in [-0.1, -0.05) is 53.5 Å². The van der Waals surface area contributed by atoms with Crippen molar-refractivity contribution >= 4 is 59.1 Å². The van der Waals surface area contributed by atoms with E-state index in [9.17, 15) is 9.59 Å². The minimum atomic E-state index is -1.48. The van der Waals surface area contributed by atoms with E-state index in [1.54, 1.807) is 26.8 Å². The van der Waals surface area contributed by atoms with E-state index < -0.39 is 38.6 Å². The summed E-state index contributed by atoms with van der Waals surface area (Å²) >= 11 is 14.3. The fraction of sp³-hybridized carbons (Fsp3) is 0.476. The lowest BCUT2D eigenvalue weighted by atomic mass is 9.95. The van der Waals surface area contributed by atoms with Crippen LogP contribution in [0, 0.1) is 0 Å². The molecule has 1 aromatic rings. The molecular formula is C21H24Cl2N2O3S. The fourth-order valence-electron chi connectivity index (χ4n) is 3.36. The Morgan fingerprint density at radius 1 is 1.28 bits per heavy atom. The standard InChI is InChI=1S/C21H24Cl2N2O3S/c1-19(2,3)28-16(26)15-20(4,5)29-18-21(23,17(27)25(15)18)24-12-14(22)11-13-9-7-6-8-10-13/h6-12,15,18H,1-5H3/t15-,18+,21+/m0/s1. The van der Waals surface area contributed by atoms with Crippen LogP contribution in [0.2, 0.25) is 0 Å². The zero-order valence-electron chi connectivity index (χ0n) is 17.0. The summed E-state index contributed by atoms with van der Waals surface area (Å²) in [5.74, 6) is -0.853. The largest absolute Gasteiger partial charge is 0.458 e. The normalized spacial score (nSPS) is 29.0. The molecule has 0 aromatic heterocycles. The third-order valence-electron chi connectivity index (χ3n) is 4.58. The average Bonchev–Trinajstić information content (AvgIpc) is 2.88. The van der Waals surface area contributed by atoms with Gasteiger partial charge in [0.05, 0.1) is 5.03 Å². The van der Waals surface area contributed by atoms with Crippen LogP contribution in [0.25, 0.3) is 6.08 Å². The second kappa shape index (κ2) is 7.64. The third kappa shape index (κ3) is 4.35. The Morgan fingerprint density at radius 3 is 2.48 bits per heavy atom. The number of amides is 1. The van der Waals surface area contributed by atoms with Crippen molar-refractivity contribution in [2.75, 3.05) is 0 Å². The number of thioether (sulfide) groups is 1. The fourth-order valence-corrected chi connectivity index (χ4v) is 5.48. The van der Waals surface area contributed by atoms with Crippen LogP contribution in [0.3, 0.4) is 0 Å². The lowest BCUT2D eigenvalue weighted by Crippen LogP contribution is -2.70. The molecule has 2 fully saturated rings. The number of β-lactam (4-membered cyclic amide) rings is 1. The Hall–Kier alpha value is -1.50. The van der Waals surface area contributed by atoms with Gasteiger partial charge in [-0.2, -0.15) is 0 Å². The van der Waals surface area contributed by atoms with Gasteiger partial charge in [-0.25, -0.2) is 4.79 Å². The van der Waals surface area contributed by atoms with Crippen molar-refractivity contribution < 1.29 is 14.3 Å². The van der Waals surface area contributed by atoms with Crippen molar-refractivity contribution in [2.45, 2.75) is 61.4 Å². The molecule has 0 bridgehead atoms. The first kappa shape index (κ1) is 22.2. The Labute approximate surface area is 185 Å². The molecule has 5 nitrogen and oxygen atoms in total. The SMILES string of the molecule is CC(C)(C)OC(=O)[C@@H]1N2C(=O)[C@@](Cl)(N=CC(Cl)=Cc3ccccc3)[C@H]2SC1(C)C. The van der Waals surface area contributed by atoms with E-state index in [2.05, 4.69) is 4.99 Å². The van der Waals surface area contributed by atoms with Gasteiger partial charge in [-0.05, 0) is 46.3 Å². The molecule has 2 saturated heterocycles. The molecule has 0 saturated carbocycles. The molecule has 29 heavy (non-hydrogen) atoms. The highest BCUT2D eigenvalue weighted by molar-refractivity contribution is 8.01. The van der Waals surface area contributed by atoms with Crippen LogP contribution < -0.4 is 0 Å². The number of allylic oxidation sites excluding steroid dienone is 1. The third-order valence-corrected chi connectivity index (χ3v) is 7.00. The number of hydrogen-bond acceptors (Lipinski definition) is 5. The number of carbonyl (C=O) groups is 2. The van der Waals surface area contributed by atoms with E-state index >= 15 is 0 Å². The van der Waals surface area contributed by atoms with Crippen molar-refractivity contribution in [3.8, 4) is 0 Å². The molecule has 1 amide bonds. The maximum atomic E-state index is 12.9. The summed E-state index contributed by atoms with van der Waals surface area (Å²) in [5, 5.41) is -0.116. The number of aliphatic imine (C=N–C) groups is 1. The van der Waals surface area contributed by atoms with Gasteiger partial charge in [0.25, 0.3) is 5.91 Å². The molecule has 0 N–H and O–H groups in total. The van der Waals surface area contributed by atoms with E-state index in [-0.39, 0.29) is 0 Å². The van der Waals surface area contributed by atoms with Crippen LogP contribution in [0.15, 0.2) is 40.4 Å². The molecule has 8 heteroatoms. The molecule has 156 valence electrons. The number of halogens is 2. The first-order chi connectivity index (χ1) is 13.3. The monoisotopic (exact) mass is 454 g/mol. The summed E-state index contributed by atoms with van der Waals surface area (Å²) in [6.45, 7) is 9.20. The number of carbonyl (C=O) groups excluding carboxylic acids is 2. The second-order valence-electron chi connectivity index (χ2n) is 8.59. The van der Waals surface area contributed by atoms with E-state index in [1.165, 1.54) is 22.9 Å². The van der Waals surface area contributed by atoms with Gasteiger partial charge >= 0.3 is 5.97 Å². The minimum absolute atomic E-state index is 0.355. The first-order valence-electron chi connectivity index (χ1n) is 9.25. The highest BCUT2D eigenvalue weighted by Gasteiger charge is 2.71. The second-order valence-corrected chi connectivity index (χ2v) is 11.3. The average molecular weight is 455 g/mol. The Kier molecular flexibility index (Phi) is 5.84. The van der Waals surface area contributed by atoms with Gasteiger partial charge in [-0.15, -0.1) is 11.8 Å². The van der Waals surface area contributed by atoms with Crippen molar-refractivity contribution in [3.63, 3.8) is 0 Å². The Morgan fingerprint density at radius 2 is 1.90 bits per heavy atom. The zero-order chi connectivity index (χ0) is 21.6. The van der Waals surface area contributed by atoms with Crippen LogP contribution in [0.4, 0.5) is 0 Å². The number of benzene rings is 1. The molecule has 2 heterocycles. The van der Waals surface area contributed by atoms with Crippen LogP contribution in [-0.2, 0) is 14.3 Å². The van der Waals surface area contributed by atoms with Gasteiger partial charge in [0.2, 0.25) is 5.00 Å². The number of esters is 1. The van der Waals surface area contributed by atoms with Crippen molar-refractivity contribution in [1.29, 1.82) is 0 Å². The molecule has 3 atom stereocenters. The molecule has 0 aliphatic carbocycles. The quantitative estimate of drug-likeness (QED) is 0.218. The van der Waals surface area contributed by atoms with Gasteiger partial charge in [0.1, 0.15) is 17.0 Å². The molecule has 0 unspecified atom stereocenters. The van der Waals surface area contributed by atoms with Crippen LogP contribution in [0.5, 0.6) is 0 Å². The number of alkyl halides is 1. The number of fused-ring (bicyclic) bond motifs is 1. The highest BCUT2D eigenvalue weighted by atomic mass is 35.5. The molecule has 3 rings (SSSR count). The van der Waals surface area contributed by atoms with Gasteiger partial charge in [-0.3, -0.25) is 9.79 Å². The summed E-state index contributed by atoms with van der Waals surface area (Å²) in [5.41, 5.74) is 0.269. The molecule has 2 aliphatic rings. The van der Waals surface area contributed by atoms with Crippen molar-refractivity contribution in [1.82, 2.24) is 4.90 Å². The lowest BCUT2D eigenvalue weighted by Gasteiger charge is -2.47. The van der Waals surface area contributed by atoms with Gasteiger partial charge < -0.3 is 9.64 Å². The molecular weight excluding hydrogens is 431 g/mol. The van der Waals surface area contributed by atoms with E-state index in [0.717, 1.165) is 5.56 Å². The van der Waals surface area contributed by atoms with Crippen LogP contribution >= 0.6 is 35.0 Å². The molecule has 2 aliphatic heterocycles. The number of rotatable bonds is 4. The summed E-state index contributed by atoms with van der Waals surface area (Å²) in [6.07, 6.45) is 3.13. The molecule has 0 spiro atoms. The van der Waals surface area contributed by atoms with Gasteiger partial charge in [0, 0.05) is 11.0 Å². The first-order valence-corrected chi connectivity index (χ1v) is 10.9. The van der Waals surface area contributed by atoms with E-state index in [0.29, 0.717) is 5.03 Å². The number of hydrogen-bond donors (Lipinski definition) is 0. The van der Waals surface area contributed by atoms with Crippen molar-refractivity contribution in [2.24, 2.45) is 4.99 Å². The van der Waals surface area contributed by atoms with Crippen molar-refractivity contribution in [3.05, 3.63) is 40.9 Å². The van der Waals surface area contributed by atoms with Gasteiger partial charge in [0.15, 0.2) is 0 Å². The zero-order valence-corrected chi connectivity index (χ0v) is 19.3. The lowest BCUT2D eigenvalue weighted by molar-refractivity contribution is -0.171. The Bertz CT molecular complexity index is 880. The summed E-state index contributed by atoms with van der Waals surface area (Å²) in [6, 6.07) is 8.80. The van der Waals surface area contributed by atoms with E-state index in [1.807, 2.05) is 44.2 Å². The minimum Gasteiger partial charge on any atom is -0.458 e. The van der Waals surface area contributed by atoms with Crippen LogP contribution in [-0.4, -0.2) is 49.8 Å². The maximum absolute atomic E-state index is 12.9.